The molecule has 0 saturated carbocycles. The van der Waals surface area contributed by atoms with E-state index < -0.39 is 0 Å². The maximum atomic E-state index is 12.1. The predicted molar refractivity (Wildman–Crippen MR) is 104 cm³/mol. The molecular formula is C19H22ClN3O4. The lowest BCUT2D eigenvalue weighted by atomic mass is 10.2. The fraction of sp³-hybridized carbons (Fsp3) is 0.368. The number of anilines is 1. The van der Waals surface area contributed by atoms with Gasteiger partial charge in [0.15, 0.2) is 0 Å². The number of aromatic nitrogens is 2. The van der Waals surface area contributed by atoms with Crippen molar-refractivity contribution in [1.29, 1.82) is 0 Å². The van der Waals surface area contributed by atoms with E-state index in [1.807, 2.05) is 0 Å². The molecule has 1 aromatic carbocycles. The van der Waals surface area contributed by atoms with E-state index in [0.29, 0.717) is 46.9 Å². The lowest BCUT2D eigenvalue weighted by Gasteiger charge is -2.10. The van der Waals surface area contributed by atoms with E-state index in [4.69, 9.17) is 21.1 Å². The Balaban J connectivity index is 1.91. The SMILES string of the molecule is CCOC(=O)CCCC/C=C/C(=O)Nc1cc2c(Cl)ncnc2cc1OC. The van der Waals surface area contributed by atoms with Gasteiger partial charge in [-0.05, 0) is 38.3 Å². The molecule has 0 aliphatic heterocycles. The minimum absolute atomic E-state index is 0.190. The maximum absolute atomic E-state index is 12.1. The van der Waals surface area contributed by atoms with E-state index in [2.05, 4.69) is 15.3 Å². The number of fused-ring (bicyclic) bond motifs is 1. The summed E-state index contributed by atoms with van der Waals surface area (Å²) in [4.78, 5) is 31.4. The molecule has 1 N–H and O–H groups in total. The molecule has 7 nitrogen and oxygen atoms in total. The maximum Gasteiger partial charge on any atom is 0.305 e. The Hall–Kier alpha value is -2.67. The van der Waals surface area contributed by atoms with Crippen LogP contribution < -0.4 is 10.1 Å². The fourth-order valence-electron chi connectivity index (χ4n) is 2.45. The lowest BCUT2D eigenvalue weighted by molar-refractivity contribution is -0.143. The number of unbranched alkanes of at least 4 members (excludes halogenated alkanes) is 2. The van der Waals surface area contributed by atoms with Crippen LogP contribution in [0.3, 0.4) is 0 Å². The van der Waals surface area contributed by atoms with E-state index in [9.17, 15) is 9.59 Å². The summed E-state index contributed by atoms with van der Waals surface area (Å²) in [5, 5.41) is 3.69. The molecule has 0 fully saturated rings. The number of hydrogen-bond donors (Lipinski definition) is 1. The van der Waals surface area contributed by atoms with E-state index in [1.165, 1.54) is 19.5 Å². The van der Waals surface area contributed by atoms with Gasteiger partial charge in [-0.15, -0.1) is 0 Å². The first kappa shape index (κ1) is 20.6. The molecule has 144 valence electrons. The number of esters is 1. The van der Waals surface area contributed by atoms with Crippen LogP contribution in [0.5, 0.6) is 5.75 Å². The molecule has 8 heteroatoms. The van der Waals surface area contributed by atoms with E-state index in [1.54, 1.807) is 25.1 Å². The van der Waals surface area contributed by atoms with Gasteiger partial charge in [0.05, 0.1) is 24.9 Å². The molecule has 27 heavy (non-hydrogen) atoms. The number of amides is 1. The Morgan fingerprint density at radius 1 is 1.26 bits per heavy atom. The van der Waals surface area contributed by atoms with Gasteiger partial charge in [0.1, 0.15) is 17.2 Å². The van der Waals surface area contributed by atoms with Crippen molar-refractivity contribution in [3.8, 4) is 5.75 Å². The van der Waals surface area contributed by atoms with Crippen LogP contribution in [0.25, 0.3) is 10.9 Å². The third-order valence-corrected chi connectivity index (χ3v) is 4.04. The highest BCUT2D eigenvalue weighted by atomic mass is 35.5. The molecule has 0 unspecified atom stereocenters. The molecule has 0 atom stereocenters. The summed E-state index contributed by atoms with van der Waals surface area (Å²) in [7, 11) is 1.51. The fourth-order valence-corrected chi connectivity index (χ4v) is 2.64. The number of ether oxygens (including phenoxy) is 2. The van der Waals surface area contributed by atoms with Gasteiger partial charge in [-0.2, -0.15) is 0 Å². The number of nitrogens with zero attached hydrogens (tertiary/aromatic N) is 2. The predicted octanol–water partition coefficient (Wildman–Crippen LogP) is 3.91. The summed E-state index contributed by atoms with van der Waals surface area (Å²) in [5.41, 5.74) is 1.11. The van der Waals surface area contributed by atoms with Gasteiger partial charge in [0.2, 0.25) is 5.91 Å². The van der Waals surface area contributed by atoms with Crippen molar-refractivity contribution in [2.24, 2.45) is 0 Å². The molecular weight excluding hydrogens is 370 g/mol. The third kappa shape index (κ3) is 6.21. The Bertz CT molecular complexity index is 839. The molecule has 2 aromatic rings. The first-order valence-electron chi connectivity index (χ1n) is 8.66. The highest BCUT2D eigenvalue weighted by Gasteiger charge is 2.11. The highest BCUT2D eigenvalue weighted by Crippen LogP contribution is 2.31. The van der Waals surface area contributed by atoms with Gasteiger partial charge in [0, 0.05) is 17.9 Å². The van der Waals surface area contributed by atoms with Crippen molar-refractivity contribution in [2.75, 3.05) is 19.0 Å². The first-order valence-corrected chi connectivity index (χ1v) is 9.04. The van der Waals surface area contributed by atoms with E-state index >= 15 is 0 Å². The normalized spacial score (nSPS) is 10.9. The van der Waals surface area contributed by atoms with Crippen LogP contribution in [0.15, 0.2) is 30.6 Å². The number of carbonyl (C=O) groups is 2. The second-order valence-corrected chi connectivity index (χ2v) is 6.03. The lowest BCUT2D eigenvalue weighted by Crippen LogP contribution is -2.09. The molecule has 0 radical (unpaired) electrons. The van der Waals surface area contributed by atoms with Crippen LogP contribution in [0.2, 0.25) is 5.15 Å². The summed E-state index contributed by atoms with van der Waals surface area (Å²) in [6, 6.07) is 3.37. The van der Waals surface area contributed by atoms with Crippen molar-refractivity contribution < 1.29 is 19.1 Å². The van der Waals surface area contributed by atoms with Gasteiger partial charge >= 0.3 is 5.97 Å². The van der Waals surface area contributed by atoms with Gasteiger partial charge in [-0.25, -0.2) is 9.97 Å². The molecule has 1 amide bonds. The van der Waals surface area contributed by atoms with Crippen molar-refractivity contribution in [1.82, 2.24) is 9.97 Å². The molecule has 0 aliphatic carbocycles. The molecule has 0 aliphatic rings. The number of hydrogen-bond acceptors (Lipinski definition) is 6. The zero-order valence-corrected chi connectivity index (χ0v) is 16.1. The number of methoxy groups -OCH3 is 1. The van der Waals surface area contributed by atoms with Crippen molar-refractivity contribution in [3.05, 3.63) is 35.8 Å². The van der Waals surface area contributed by atoms with Gasteiger partial charge in [-0.3, -0.25) is 9.59 Å². The molecule has 2 rings (SSSR count). The van der Waals surface area contributed by atoms with E-state index in [-0.39, 0.29) is 11.9 Å². The van der Waals surface area contributed by atoms with Crippen LogP contribution in [0.1, 0.15) is 32.6 Å². The number of benzene rings is 1. The summed E-state index contributed by atoms with van der Waals surface area (Å²) in [6.45, 7) is 2.18. The van der Waals surface area contributed by atoms with Crippen molar-refractivity contribution in [2.45, 2.75) is 32.6 Å². The number of carbonyl (C=O) groups excluding carboxylic acids is 2. The standard InChI is InChI=1S/C19H22ClN3O4/c1-3-27-18(25)9-7-5-4-6-8-17(24)23-15-10-13-14(11-16(15)26-2)21-12-22-19(13)20/h6,8,10-12H,3-5,7,9H2,1-2H3,(H,23,24)/b8-6+. The topological polar surface area (TPSA) is 90.4 Å². The quantitative estimate of drug-likeness (QED) is 0.301. The first-order chi connectivity index (χ1) is 13.0. The zero-order valence-electron chi connectivity index (χ0n) is 15.3. The minimum Gasteiger partial charge on any atom is -0.494 e. The Kier molecular flexibility index (Phi) is 8.00. The molecule has 1 heterocycles. The minimum atomic E-state index is -0.286. The van der Waals surface area contributed by atoms with E-state index in [0.717, 1.165) is 12.8 Å². The number of halogens is 1. The number of allylic oxidation sites excluding steroid dienone is 1. The van der Waals surface area contributed by atoms with Gasteiger partial charge in [-0.1, -0.05) is 17.7 Å². The number of rotatable bonds is 9. The number of nitrogens with one attached hydrogen (secondary N) is 1. The Labute approximate surface area is 162 Å². The Morgan fingerprint density at radius 3 is 2.81 bits per heavy atom. The van der Waals surface area contributed by atoms with Crippen LogP contribution in [-0.4, -0.2) is 35.6 Å². The van der Waals surface area contributed by atoms with Crippen molar-refractivity contribution in [3.63, 3.8) is 0 Å². The van der Waals surface area contributed by atoms with Gasteiger partial charge < -0.3 is 14.8 Å². The summed E-state index contributed by atoms with van der Waals surface area (Å²) in [6.07, 6.45) is 7.21. The smallest absolute Gasteiger partial charge is 0.305 e. The summed E-state index contributed by atoms with van der Waals surface area (Å²) >= 11 is 6.08. The van der Waals surface area contributed by atoms with Crippen LogP contribution in [0.4, 0.5) is 5.69 Å². The zero-order chi connectivity index (χ0) is 19.6. The third-order valence-electron chi connectivity index (χ3n) is 3.74. The highest BCUT2D eigenvalue weighted by molar-refractivity contribution is 6.34. The Morgan fingerprint density at radius 2 is 2.07 bits per heavy atom. The van der Waals surface area contributed by atoms with Crippen LogP contribution in [0, 0.1) is 0 Å². The molecule has 1 aromatic heterocycles. The second-order valence-electron chi connectivity index (χ2n) is 5.68. The summed E-state index contributed by atoms with van der Waals surface area (Å²) < 4.78 is 10.2. The van der Waals surface area contributed by atoms with Crippen LogP contribution >= 0.6 is 11.6 Å². The molecule has 0 saturated heterocycles. The average molecular weight is 392 g/mol. The van der Waals surface area contributed by atoms with Crippen molar-refractivity contribution >= 4 is 40.1 Å². The monoisotopic (exact) mass is 391 g/mol. The average Bonchev–Trinajstić information content (AvgIpc) is 2.65. The van der Waals surface area contributed by atoms with Gasteiger partial charge in [0.25, 0.3) is 0 Å². The molecule has 0 spiro atoms. The van der Waals surface area contributed by atoms with Crippen LogP contribution in [-0.2, 0) is 14.3 Å². The molecule has 0 bridgehead atoms. The largest absolute Gasteiger partial charge is 0.494 e. The summed E-state index contributed by atoms with van der Waals surface area (Å²) in [5.74, 6) is 0.00438. The second kappa shape index (κ2) is 10.5.